The largest absolute Gasteiger partial charge is 0.380 e. The molecule has 1 aliphatic rings. The fraction of sp³-hybridized carbons (Fsp3) is 1.00. The number of nitrogens with two attached hydrogens (primary N) is 1. The van der Waals surface area contributed by atoms with Gasteiger partial charge < -0.3 is 15.4 Å². The molecule has 1 saturated heterocycles. The number of hydrogen-bond acceptors (Lipinski definition) is 3. The predicted molar refractivity (Wildman–Crippen MR) is 59.3 cm³/mol. The Morgan fingerprint density at radius 2 is 2.29 bits per heavy atom. The summed E-state index contributed by atoms with van der Waals surface area (Å²) in [5.74, 6) is 0.718. The summed E-state index contributed by atoms with van der Waals surface area (Å²) in [5.41, 5.74) is 5.68. The molecule has 1 aliphatic heterocycles. The summed E-state index contributed by atoms with van der Waals surface area (Å²) in [6.45, 7) is 8.24. The van der Waals surface area contributed by atoms with E-state index in [1.807, 2.05) is 0 Å². The molecule has 0 saturated carbocycles. The van der Waals surface area contributed by atoms with Gasteiger partial charge >= 0.3 is 0 Å². The molecule has 1 unspecified atom stereocenters. The molecule has 0 spiro atoms. The summed E-state index contributed by atoms with van der Waals surface area (Å²) in [7, 11) is 0. The molecule has 1 atom stereocenters. The summed E-state index contributed by atoms with van der Waals surface area (Å²) in [5, 5.41) is 0. The molecule has 0 aromatic rings. The highest BCUT2D eigenvalue weighted by Crippen LogP contribution is 2.14. The molecule has 1 heterocycles. The van der Waals surface area contributed by atoms with Crippen molar-refractivity contribution in [2.24, 2.45) is 11.7 Å². The van der Waals surface area contributed by atoms with Crippen molar-refractivity contribution in [2.45, 2.75) is 26.2 Å². The van der Waals surface area contributed by atoms with Crippen LogP contribution in [-0.4, -0.2) is 44.3 Å². The Hall–Kier alpha value is -0.120. The van der Waals surface area contributed by atoms with Gasteiger partial charge in [-0.1, -0.05) is 6.92 Å². The smallest absolute Gasteiger partial charge is 0.0593 e. The average molecular weight is 200 g/mol. The third kappa shape index (κ3) is 4.40. The lowest BCUT2D eigenvalue weighted by atomic mass is 9.98. The zero-order chi connectivity index (χ0) is 10.2. The first-order valence-corrected chi connectivity index (χ1v) is 5.87. The molecule has 0 aromatic heterocycles. The SMILES string of the molecule is CCCOCCN1CCCC(CN)C1. The Kier molecular flexibility index (Phi) is 6.15. The van der Waals surface area contributed by atoms with Crippen molar-refractivity contribution in [1.82, 2.24) is 4.90 Å². The molecule has 84 valence electrons. The van der Waals surface area contributed by atoms with Gasteiger partial charge in [0, 0.05) is 19.7 Å². The molecule has 14 heavy (non-hydrogen) atoms. The molecule has 0 bridgehead atoms. The third-order valence-corrected chi connectivity index (χ3v) is 2.84. The van der Waals surface area contributed by atoms with Crippen LogP contribution in [0.4, 0.5) is 0 Å². The van der Waals surface area contributed by atoms with E-state index in [0.29, 0.717) is 0 Å². The van der Waals surface area contributed by atoms with Crippen LogP contribution in [0.5, 0.6) is 0 Å². The molecular formula is C11H24N2O. The van der Waals surface area contributed by atoms with E-state index in [9.17, 15) is 0 Å². The van der Waals surface area contributed by atoms with Gasteiger partial charge in [-0.15, -0.1) is 0 Å². The summed E-state index contributed by atoms with van der Waals surface area (Å²) in [6.07, 6.45) is 3.73. The third-order valence-electron chi connectivity index (χ3n) is 2.84. The molecular weight excluding hydrogens is 176 g/mol. The van der Waals surface area contributed by atoms with E-state index in [1.165, 1.54) is 25.9 Å². The van der Waals surface area contributed by atoms with E-state index in [4.69, 9.17) is 10.5 Å². The zero-order valence-electron chi connectivity index (χ0n) is 9.37. The number of piperidine rings is 1. The van der Waals surface area contributed by atoms with E-state index in [0.717, 1.165) is 38.6 Å². The van der Waals surface area contributed by atoms with Gasteiger partial charge in [0.15, 0.2) is 0 Å². The van der Waals surface area contributed by atoms with E-state index in [2.05, 4.69) is 11.8 Å². The molecule has 0 radical (unpaired) electrons. The first-order valence-electron chi connectivity index (χ1n) is 5.87. The van der Waals surface area contributed by atoms with Crippen LogP contribution in [0.1, 0.15) is 26.2 Å². The standard InChI is InChI=1S/C11H24N2O/c1-2-7-14-8-6-13-5-3-4-11(9-12)10-13/h11H,2-10,12H2,1H3. The van der Waals surface area contributed by atoms with Crippen molar-refractivity contribution in [3.8, 4) is 0 Å². The predicted octanol–water partition coefficient (Wildman–Crippen LogP) is 1.08. The molecule has 1 rings (SSSR count). The topological polar surface area (TPSA) is 38.5 Å². The number of ether oxygens (including phenoxy) is 1. The van der Waals surface area contributed by atoms with Crippen LogP contribution in [0.2, 0.25) is 0 Å². The summed E-state index contributed by atoms with van der Waals surface area (Å²) in [4.78, 5) is 2.48. The van der Waals surface area contributed by atoms with Gasteiger partial charge in [-0.25, -0.2) is 0 Å². The Morgan fingerprint density at radius 3 is 3.00 bits per heavy atom. The molecule has 1 fully saturated rings. The monoisotopic (exact) mass is 200 g/mol. The first kappa shape index (κ1) is 12.0. The molecule has 0 aromatic carbocycles. The first-order chi connectivity index (χ1) is 6.86. The molecule has 0 amide bonds. The van der Waals surface area contributed by atoms with Crippen molar-refractivity contribution in [1.29, 1.82) is 0 Å². The second-order valence-corrected chi connectivity index (χ2v) is 4.16. The van der Waals surface area contributed by atoms with Gasteiger partial charge in [0.2, 0.25) is 0 Å². The minimum Gasteiger partial charge on any atom is -0.380 e. The minimum atomic E-state index is 0.718. The summed E-state index contributed by atoms with van der Waals surface area (Å²) in [6, 6.07) is 0. The lowest BCUT2D eigenvalue weighted by Gasteiger charge is -2.31. The molecule has 2 N–H and O–H groups in total. The van der Waals surface area contributed by atoms with Crippen LogP contribution in [-0.2, 0) is 4.74 Å². The van der Waals surface area contributed by atoms with Gasteiger partial charge in [-0.3, -0.25) is 0 Å². The maximum atomic E-state index is 5.68. The average Bonchev–Trinajstić information content (AvgIpc) is 2.25. The second-order valence-electron chi connectivity index (χ2n) is 4.16. The maximum absolute atomic E-state index is 5.68. The summed E-state index contributed by atoms with van der Waals surface area (Å²) >= 11 is 0. The molecule has 3 nitrogen and oxygen atoms in total. The highest BCUT2D eigenvalue weighted by Gasteiger charge is 2.17. The van der Waals surface area contributed by atoms with Crippen molar-refractivity contribution in [2.75, 3.05) is 39.4 Å². The molecule has 3 heteroatoms. The number of rotatable bonds is 6. The van der Waals surface area contributed by atoms with Gasteiger partial charge in [0.1, 0.15) is 0 Å². The lowest BCUT2D eigenvalue weighted by molar-refractivity contribution is 0.0862. The van der Waals surface area contributed by atoms with Crippen LogP contribution >= 0.6 is 0 Å². The van der Waals surface area contributed by atoms with Crippen LogP contribution in [0.25, 0.3) is 0 Å². The van der Waals surface area contributed by atoms with Gasteiger partial charge in [-0.05, 0) is 38.3 Å². The minimum absolute atomic E-state index is 0.718. The van der Waals surface area contributed by atoms with Crippen LogP contribution in [0, 0.1) is 5.92 Å². The van der Waals surface area contributed by atoms with Crippen molar-refractivity contribution >= 4 is 0 Å². The van der Waals surface area contributed by atoms with Crippen molar-refractivity contribution in [3.63, 3.8) is 0 Å². The van der Waals surface area contributed by atoms with E-state index in [1.54, 1.807) is 0 Å². The number of nitrogens with zero attached hydrogens (tertiary/aromatic N) is 1. The highest BCUT2D eigenvalue weighted by atomic mass is 16.5. The van der Waals surface area contributed by atoms with Crippen LogP contribution < -0.4 is 5.73 Å². The fourth-order valence-corrected chi connectivity index (χ4v) is 1.99. The summed E-state index contributed by atoms with van der Waals surface area (Å²) < 4.78 is 5.48. The lowest BCUT2D eigenvalue weighted by Crippen LogP contribution is -2.40. The highest BCUT2D eigenvalue weighted by molar-refractivity contribution is 4.73. The maximum Gasteiger partial charge on any atom is 0.0593 e. The number of hydrogen-bond donors (Lipinski definition) is 1. The Morgan fingerprint density at radius 1 is 1.43 bits per heavy atom. The Bertz CT molecular complexity index is 141. The van der Waals surface area contributed by atoms with Gasteiger partial charge in [0.25, 0.3) is 0 Å². The Balaban J connectivity index is 2.05. The molecule has 0 aliphatic carbocycles. The van der Waals surface area contributed by atoms with Gasteiger partial charge in [0.05, 0.1) is 6.61 Å². The van der Waals surface area contributed by atoms with E-state index in [-0.39, 0.29) is 0 Å². The number of likely N-dealkylation sites (tertiary alicyclic amines) is 1. The zero-order valence-corrected chi connectivity index (χ0v) is 9.37. The van der Waals surface area contributed by atoms with Crippen LogP contribution in [0.15, 0.2) is 0 Å². The fourth-order valence-electron chi connectivity index (χ4n) is 1.99. The van der Waals surface area contributed by atoms with Crippen LogP contribution in [0.3, 0.4) is 0 Å². The normalized spacial score (nSPS) is 24.0. The van der Waals surface area contributed by atoms with E-state index < -0.39 is 0 Å². The quantitative estimate of drug-likeness (QED) is 0.652. The van der Waals surface area contributed by atoms with Crippen molar-refractivity contribution in [3.05, 3.63) is 0 Å². The Labute approximate surface area is 87.6 Å². The van der Waals surface area contributed by atoms with Gasteiger partial charge in [-0.2, -0.15) is 0 Å². The van der Waals surface area contributed by atoms with E-state index >= 15 is 0 Å². The van der Waals surface area contributed by atoms with Crippen molar-refractivity contribution < 1.29 is 4.74 Å². The second kappa shape index (κ2) is 7.21.